The van der Waals surface area contributed by atoms with Crippen molar-refractivity contribution >= 4 is 21.8 Å². The lowest BCUT2D eigenvalue weighted by Gasteiger charge is -2.09. The molecule has 0 aliphatic carbocycles. The molecule has 30 heavy (non-hydrogen) atoms. The molecule has 7 N–H and O–H groups in total. The third-order valence-corrected chi connectivity index (χ3v) is 4.54. The fourth-order valence-corrected chi connectivity index (χ4v) is 2.67. The summed E-state index contributed by atoms with van der Waals surface area (Å²) in [5, 5.41) is 14.6. The van der Waals surface area contributed by atoms with Crippen LogP contribution in [-0.4, -0.2) is 43.6 Å². The van der Waals surface area contributed by atoms with E-state index in [0.29, 0.717) is 30.8 Å². The maximum atomic E-state index is 9.79. The third-order valence-electron chi connectivity index (χ3n) is 3.62. The molecule has 0 aromatic heterocycles. The largest absolute Gasteiger partial charge is 0.493 e. The minimum atomic E-state index is -3.67. The van der Waals surface area contributed by atoms with Crippen molar-refractivity contribution in [1.29, 1.82) is 10.8 Å². The average Bonchev–Trinajstić information content (AvgIpc) is 2.68. The smallest absolute Gasteiger partial charge is 0.264 e. The first-order chi connectivity index (χ1) is 14.1. The van der Waals surface area contributed by atoms with E-state index >= 15 is 0 Å². The van der Waals surface area contributed by atoms with E-state index in [9.17, 15) is 8.42 Å². The predicted molar refractivity (Wildman–Crippen MR) is 117 cm³/mol. The van der Waals surface area contributed by atoms with Crippen molar-refractivity contribution < 1.29 is 22.4 Å². The molecule has 9 nitrogen and oxygen atoms in total. The van der Waals surface area contributed by atoms with Crippen LogP contribution in [0.15, 0.2) is 48.5 Å². The molecule has 0 saturated heterocycles. The monoisotopic (exact) mass is 436 g/mol. The zero-order valence-electron chi connectivity index (χ0n) is 16.8. The quantitative estimate of drug-likeness (QED) is 0.164. The lowest BCUT2D eigenvalue weighted by atomic mass is 10.2. The molecule has 0 bridgehead atoms. The Morgan fingerprint density at radius 1 is 0.867 bits per heavy atom. The number of ether oxygens (including phenoxy) is 2. The number of nitrogens with two attached hydrogens (primary N) is 2. The van der Waals surface area contributed by atoms with Gasteiger partial charge >= 0.3 is 0 Å². The second-order valence-electron chi connectivity index (χ2n) is 6.21. The summed E-state index contributed by atoms with van der Waals surface area (Å²) in [6, 6.07) is 14.2. The molecule has 0 amide bonds. The Morgan fingerprint density at radius 2 is 1.23 bits per heavy atom. The summed E-state index contributed by atoms with van der Waals surface area (Å²) in [5.74, 6) is 1.43. The van der Waals surface area contributed by atoms with Gasteiger partial charge in [-0.1, -0.05) is 6.92 Å². The van der Waals surface area contributed by atoms with Gasteiger partial charge in [-0.05, 0) is 55.0 Å². The highest BCUT2D eigenvalue weighted by Gasteiger charge is 2.00. The summed E-state index contributed by atoms with van der Waals surface area (Å²) in [7, 11) is -3.67. The first-order valence-electron chi connectivity index (χ1n) is 9.22. The van der Waals surface area contributed by atoms with Crippen LogP contribution in [0.2, 0.25) is 0 Å². The zero-order valence-corrected chi connectivity index (χ0v) is 17.6. The lowest BCUT2D eigenvalue weighted by Crippen LogP contribution is -2.11. The zero-order chi connectivity index (χ0) is 22.6. The van der Waals surface area contributed by atoms with E-state index in [-0.39, 0.29) is 17.4 Å². The van der Waals surface area contributed by atoms with E-state index in [1.54, 1.807) is 55.5 Å². The molecule has 2 rings (SSSR count). The maximum Gasteiger partial charge on any atom is 0.264 e. The van der Waals surface area contributed by atoms with Gasteiger partial charge in [-0.3, -0.25) is 15.4 Å². The van der Waals surface area contributed by atoms with Crippen molar-refractivity contribution in [2.75, 3.05) is 19.0 Å². The third kappa shape index (κ3) is 10.4. The Morgan fingerprint density at radius 3 is 1.47 bits per heavy atom. The molecule has 2 aromatic rings. The van der Waals surface area contributed by atoms with Crippen molar-refractivity contribution in [1.82, 2.24) is 0 Å². The molecule has 0 aliphatic heterocycles. The lowest BCUT2D eigenvalue weighted by molar-refractivity contribution is 0.247. The Bertz CT molecular complexity index is 854. The normalized spacial score (nSPS) is 10.5. The molecule has 0 radical (unpaired) electrons. The molecule has 0 heterocycles. The van der Waals surface area contributed by atoms with Gasteiger partial charge in [0.2, 0.25) is 0 Å². The summed E-state index contributed by atoms with van der Waals surface area (Å²) in [6.07, 6.45) is 1.21. The highest BCUT2D eigenvalue weighted by Crippen LogP contribution is 2.14. The fraction of sp³-hybridized carbons (Fsp3) is 0.300. The Kier molecular flexibility index (Phi) is 10.3. The fourth-order valence-electron chi connectivity index (χ4n) is 2.16. The number of rotatable bonds is 10. The van der Waals surface area contributed by atoms with Crippen LogP contribution in [0.25, 0.3) is 0 Å². The van der Waals surface area contributed by atoms with Crippen LogP contribution in [0.4, 0.5) is 0 Å². The number of amidine groups is 2. The van der Waals surface area contributed by atoms with E-state index < -0.39 is 10.1 Å². The molecule has 0 aliphatic rings. The number of hydrogen-bond acceptors (Lipinski definition) is 6. The number of benzene rings is 2. The molecule has 2 aromatic carbocycles. The first kappa shape index (κ1) is 24.9. The summed E-state index contributed by atoms with van der Waals surface area (Å²) in [4.78, 5) is 0. The summed E-state index contributed by atoms with van der Waals surface area (Å²) < 4.78 is 38.8. The van der Waals surface area contributed by atoms with Crippen molar-refractivity contribution in [3.05, 3.63) is 59.7 Å². The van der Waals surface area contributed by atoms with Gasteiger partial charge < -0.3 is 20.9 Å². The van der Waals surface area contributed by atoms with Gasteiger partial charge in [0.05, 0.1) is 19.0 Å². The Balaban J connectivity index is 0.000000553. The van der Waals surface area contributed by atoms with Crippen molar-refractivity contribution in [2.45, 2.75) is 19.8 Å². The highest BCUT2D eigenvalue weighted by atomic mass is 32.2. The average molecular weight is 437 g/mol. The summed E-state index contributed by atoms with van der Waals surface area (Å²) in [5.41, 5.74) is 12.1. The summed E-state index contributed by atoms with van der Waals surface area (Å²) >= 11 is 0. The van der Waals surface area contributed by atoms with Crippen LogP contribution in [0.5, 0.6) is 11.5 Å². The molecule has 0 unspecified atom stereocenters. The van der Waals surface area contributed by atoms with Crippen molar-refractivity contribution in [2.24, 2.45) is 11.5 Å². The number of nitrogens with one attached hydrogen (secondary N) is 2. The van der Waals surface area contributed by atoms with Crippen LogP contribution < -0.4 is 20.9 Å². The van der Waals surface area contributed by atoms with Gasteiger partial charge in [0.15, 0.2) is 0 Å². The second-order valence-corrected chi connectivity index (χ2v) is 7.78. The van der Waals surface area contributed by atoms with Gasteiger partial charge in [-0.25, -0.2) is 0 Å². The molecule has 0 fully saturated rings. The van der Waals surface area contributed by atoms with Crippen LogP contribution in [0.1, 0.15) is 30.9 Å². The van der Waals surface area contributed by atoms with E-state index in [1.807, 2.05) is 0 Å². The summed E-state index contributed by atoms with van der Waals surface area (Å²) in [6.45, 7) is 2.75. The maximum absolute atomic E-state index is 9.79. The van der Waals surface area contributed by atoms with E-state index in [1.165, 1.54) is 0 Å². The molecule has 164 valence electrons. The molecule has 0 atom stereocenters. The topological polar surface area (TPSA) is 173 Å². The number of hydrogen-bond donors (Lipinski definition) is 5. The van der Waals surface area contributed by atoms with Crippen LogP contribution in [0, 0.1) is 10.8 Å². The van der Waals surface area contributed by atoms with Gasteiger partial charge in [-0.2, -0.15) is 8.42 Å². The molecular weight excluding hydrogens is 408 g/mol. The SMILES string of the molecule is CCCS(=O)(=O)O.N=C(N)c1ccc(OCCCOc2ccc(C(=N)N)cc2)cc1. The van der Waals surface area contributed by atoms with Crippen LogP contribution in [0.3, 0.4) is 0 Å². The van der Waals surface area contributed by atoms with Crippen molar-refractivity contribution in [3.8, 4) is 11.5 Å². The van der Waals surface area contributed by atoms with Crippen LogP contribution >= 0.6 is 0 Å². The van der Waals surface area contributed by atoms with Gasteiger partial charge in [0.25, 0.3) is 10.1 Å². The highest BCUT2D eigenvalue weighted by molar-refractivity contribution is 7.85. The Hall–Kier alpha value is -3.11. The minimum Gasteiger partial charge on any atom is -0.493 e. The second kappa shape index (κ2) is 12.5. The molecule has 0 saturated carbocycles. The van der Waals surface area contributed by atoms with Crippen molar-refractivity contribution in [3.63, 3.8) is 0 Å². The Labute approximate surface area is 176 Å². The molecule has 10 heteroatoms. The predicted octanol–water partition coefficient (Wildman–Crippen LogP) is 2.39. The van der Waals surface area contributed by atoms with Gasteiger partial charge in [-0.15, -0.1) is 0 Å². The van der Waals surface area contributed by atoms with E-state index in [4.69, 9.17) is 36.3 Å². The first-order valence-corrected chi connectivity index (χ1v) is 10.8. The van der Waals surface area contributed by atoms with Gasteiger partial charge in [0.1, 0.15) is 23.2 Å². The molecule has 0 spiro atoms. The van der Waals surface area contributed by atoms with E-state index in [0.717, 1.165) is 17.9 Å². The number of nitrogen functional groups attached to an aromatic ring is 2. The standard InChI is InChI=1S/C17H20N4O2.C3H8O3S/c18-16(19)12-2-6-14(7-3-12)22-10-1-11-23-15-8-4-13(5-9-15)17(20)21;1-2-3-7(4,5)6/h2-9H,1,10-11H2,(H3,18,19)(H3,20,21);2-3H2,1H3,(H,4,5,6). The minimum absolute atomic E-state index is 0.0424. The molecular formula is C20H28N4O5S. The van der Waals surface area contributed by atoms with E-state index in [2.05, 4.69) is 0 Å². The van der Waals surface area contributed by atoms with Gasteiger partial charge in [0, 0.05) is 17.5 Å². The van der Waals surface area contributed by atoms with Crippen LogP contribution in [-0.2, 0) is 10.1 Å².